The van der Waals surface area contributed by atoms with Gasteiger partial charge in [0.15, 0.2) is 18.9 Å². The summed E-state index contributed by atoms with van der Waals surface area (Å²) in [5, 5.41) is 10.6. The minimum absolute atomic E-state index is 0.266. The molecule has 0 saturated carbocycles. The molecule has 10 nitrogen and oxygen atoms in total. The van der Waals surface area contributed by atoms with E-state index in [-0.39, 0.29) is 11.9 Å². The molecule has 0 spiro atoms. The molecule has 2 aromatic carbocycles. The van der Waals surface area contributed by atoms with Crippen LogP contribution >= 0.6 is 0 Å². The Morgan fingerprint density at radius 2 is 1.51 bits per heavy atom. The number of benzene rings is 2. The average Bonchev–Trinajstić information content (AvgIpc) is 3.55. The summed E-state index contributed by atoms with van der Waals surface area (Å²) < 4.78 is 38.5. The van der Waals surface area contributed by atoms with E-state index in [1.807, 2.05) is 6.92 Å². The van der Waals surface area contributed by atoms with Crippen molar-refractivity contribution >= 4 is 11.9 Å². The van der Waals surface area contributed by atoms with Crippen LogP contribution in [0.15, 0.2) is 48.5 Å². The van der Waals surface area contributed by atoms with Crippen LogP contribution in [0.5, 0.6) is 0 Å². The second-order valence-corrected chi connectivity index (χ2v) is 8.57. The second kappa shape index (κ2) is 10.0. The van der Waals surface area contributed by atoms with Gasteiger partial charge in [0.05, 0.1) is 17.7 Å². The highest BCUT2D eigenvalue weighted by atomic mass is 16.8. The van der Waals surface area contributed by atoms with Crippen molar-refractivity contribution in [1.29, 1.82) is 0 Å². The minimum atomic E-state index is -0.930. The standard InChI is InChI=1S/C25H26O10/c1-13-3-5-15(6-4-13)22(27)30-12-31-23(28)16-7-9-17(10-8-16)24-34-21-19(26)20(33-25(21)35-24)18-11-29-14(2)32-18/h3-10,14,18-21,24-26H,11-12H2,1-2H3. The Morgan fingerprint density at radius 1 is 0.886 bits per heavy atom. The van der Waals surface area contributed by atoms with Crippen molar-refractivity contribution in [2.45, 2.75) is 57.1 Å². The van der Waals surface area contributed by atoms with Crippen LogP contribution < -0.4 is 0 Å². The maximum atomic E-state index is 12.3. The van der Waals surface area contributed by atoms with E-state index >= 15 is 0 Å². The lowest BCUT2D eigenvalue weighted by Gasteiger charge is -2.23. The van der Waals surface area contributed by atoms with Crippen LogP contribution in [0.4, 0.5) is 0 Å². The number of carbonyl (C=O) groups excluding carboxylic acids is 2. The number of esters is 2. The molecule has 0 radical (unpaired) electrons. The monoisotopic (exact) mass is 486 g/mol. The Kier molecular flexibility index (Phi) is 6.83. The molecular formula is C25H26O10. The Morgan fingerprint density at radius 3 is 2.09 bits per heavy atom. The van der Waals surface area contributed by atoms with Gasteiger partial charge < -0.3 is 38.3 Å². The summed E-state index contributed by atoms with van der Waals surface area (Å²) in [5.41, 5.74) is 2.30. The lowest BCUT2D eigenvalue weighted by molar-refractivity contribution is -0.192. The van der Waals surface area contributed by atoms with E-state index in [0.717, 1.165) is 5.56 Å². The summed E-state index contributed by atoms with van der Waals surface area (Å²) in [6, 6.07) is 13.3. The number of fused-ring (bicyclic) bond motifs is 1. The fourth-order valence-corrected chi connectivity index (χ4v) is 4.17. The first-order chi connectivity index (χ1) is 16.9. The van der Waals surface area contributed by atoms with Crippen molar-refractivity contribution in [3.63, 3.8) is 0 Å². The Hall–Kier alpha value is -2.86. The third-order valence-electron chi connectivity index (χ3n) is 6.09. The molecule has 0 aromatic heterocycles. The molecule has 0 bridgehead atoms. The van der Waals surface area contributed by atoms with E-state index in [2.05, 4.69) is 0 Å². The molecule has 3 aliphatic heterocycles. The van der Waals surface area contributed by atoms with E-state index in [9.17, 15) is 14.7 Å². The highest BCUT2D eigenvalue weighted by Crippen LogP contribution is 2.41. The zero-order chi connectivity index (χ0) is 24.5. The average molecular weight is 486 g/mol. The van der Waals surface area contributed by atoms with Crippen molar-refractivity contribution < 1.29 is 47.9 Å². The van der Waals surface area contributed by atoms with Crippen LogP contribution in [0.3, 0.4) is 0 Å². The van der Waals surface area contributed by atoms with Gasteiger partial charge in [0.2, 0.25) is 6.79 Å². The van der Waals surface area contributed by atoms with Gasteiger partial charge >= 0.3 is 11.9 Å². The van der Waals surface area contributed by atoms with Gasteiger partial charge in [-0.25, -0.2) is 9.59 Å². The fraction of sp³-hybridized carbons (Fsp3) is 0.440. The number of aliphatic hydroxyl groups is 1. The quantitative estimate of drug-likeness (QED) is 0.481. The highest BCUT2D eigenvalue weighted by molar-refractivity contribution is 5.90. The third-order valence-corrected chi connectivity index (χ3v) is 6.09. The van der Waals surface area contributed by atoms with Gasteiger partial charge in [0.1, 0.15) is 24.4 Å². The molecule has 5 rings (SSSR count). The molecule has 186 valence electrons. The highest BCUT2D eigenvalue weighted by Gasteiger charge is 2.55. The number of aryl methyl sites for hydroxylation is 1. The van der Waals surface area contributed by atoms with Crippen molar-refractivity contribution in [2.75, 3.05) is 13.4 Å². The van der Waals surface area contributed by atoms with Crippen molar-refractivity contribution in [3.8, 4) is 0 Å². The van der Waals surface area contributed by atoms with Gasteiger partial charge in [0, 0.05) is 5.56 Å². The van der Waals surface area contributed by atoms with E-state index in [0.29, 0.717) is 17.7 Å². The second-order valence-electron chi connectivity index (χ2n) is 8.57. The Balaban J connectivity index is 1.10. The van der Waals surface area contributed by atoms with Crippen LogP contribution in [-0.2, 0) is 33.2 Å². The maximum absolute atomic E-state index is 12.3. The molecule has 1 N–H and O–H groups in total. The summed E-state index contributed by atoms with van der Waals surface area (Å²) in [4.78, 5) is 24.3. The summed E-state index contributed by atoms with van der Waals surface area (Å²) in [5.74, 6) is -1.23. The van der Waals surface area contributed by atoms with Crippen molar-refractivity contribution in [1.82, 2.24) is 0 Å². The van der Waals surface area contributed by atoms with Crippen molar-refractivity contribution in [2.24, 2.45) is 0 Å². The van der Waals surface area contributed by atoms with E-state index < -0.39 is 55.7 Å². The Bertz CT molecular complexity index is 1050. The van der Waals surface area contributed by atoms with Crippen LogP contribution in [-0.4, -0.2) is 67.4 Å². The molecule has 0 amide bonds. The molecule has 2 aromatic rings. The number of ether oxygens (including phenoxy) is 7. The van der Waals surface area contributed by atoms with Gasteiger partial charge in [-0.15, -0.1) is 0 Å². The number of hydrogen-bond acceptors (Lipinski definition) is 10. The largest absolute Gasteiger partial charge is 0.424 e. The van der Waals surface area contributed by atoms with Gasteiger partial charge in [-0.2, -0.15) is 0 Å². The SMILES string of the molecule is Cc1ccc(C(=O)OCOC(=O)c2ccc(C3OC4OC(C5COC(C)O5)C(O)C4O3)cc2)cc1. The lowest BCUT2D eigenvalue weighted by atomic mass is 10.1. The smallest absolute Gasteiger partial charge is 0.340 e. The number of rotatable bonds is 6. The molecule has 35 heavy (non-hydrogen) atoms. The normalized spacial score (nSPS) is 31.8. The first kappa shape index (κ1) is 23.9. The van der Waals surface area contributed by atoms with Crippen LogP contribution in [0.2, 0.25) is 0 Å². The predicted molar refractivity (Wildman–Crippen MR) is 117 cm³/mol. The first-order valence-corrected chi connectivity index (χ1v) is 11.3. The summed E-state index contributed by atoms with van der Waals surface area (Å²) >= 11 is 0. The molecule has 0 aliphatic carbocycles. The summed E-state index contributed by atoms with van der Waals surface area (Å²) in [6.45, 7) is 3.52. The van der Waals surface area contributed by atoms with E-state index in [4.69, 9.17) is 33.2 Å². The van der Waals surface area contributed by atoms with Gasteiger partial charge in [-0.3, -0.25) is 0 Å². The Labute approximate surface area is 201 Å². The first-order valence-electron chi connectivity index (χ1n) is 11.3. The molecule has 3 fully saturated rings. The molecule has 10 heteroatoms. The predicted octanol–water partition coefficient (Wildman–Crippen LogP) is 2.23. The van der Waals surface area contributed by atoms with Crippen molar-refractivity contribution in [3.05, 3.63) is 70.8 Å². The molecular weight excluding hydrogens is 460 g/mol. The van der Waals surface area contributed by atoms with Gasteiger partial charge in [-0.1, -0.05) is 29.8 Å². The van der Waals surface area contributed by atoms with Crippen LogP contribution in [0.1, 0.15) is 45.1 Å². The number of hydrogen-bond donors (Lipinski definition) is 1. The summed E-state index contributed by atoms with van der Waals surface area (Å²) in [7, 11) is 0. The topological polar surface area (TPSA) is 119 Å². The van der Waals surface area contributed by atoms with E-state index in [1.54, 1.807) is 55.5 Å². The lowest BCUT2D eigenvalue weighted by Crippen LogP contribution is -2.40. The minimum Gasteiger partial charge on any atom is -0.424 e. The molecule has 7 atom stereocenters. The van der Waals surface area contributed by atoms with Crippen LogP contribution in [0, 0.1) is 6.92 Å². The fourth-order valence-electron chi connectivity index (χ4n) is 4.17. The zero-order valence-corrected chi connectivity index (χ0v) is 19.2. The molecule has 3 aliphatic rings. The third kappa shape index (κ3) is 5.08. The molecule has 3 heterocycles. The summed E-state index contributed by atoms with van der Waals surface area (Å²) in [6.07, 6.45) is -4.45. The molecule has 3 saturated heterocycles. The van der Waals surface area contributed by atoms with Crippen LogP contribution in [0.25, 0.3) is 0 Å². The molecule has 7 unspecified atom stereocenters. The van der Waals surface area contributed by atoms with Gasteiger partial charge in [0.25, 0.3) is 0 Å². The maximum Gasteiger partial charge on any atom is 0.340 e. The van der Waals surface area contributed by atoms with Gasteiger partial charge in [-0.05, 0) is 38.1 Å². The number of aliphatic hydroxyl groups excluding tert-OH is 1. The number of carbonyl (C=O) groups is 2. The zero-order valence-electron chi connectivity index (χ0n) is 19.2. The van der Waals surface area contributed by atoms with E-state index in [1.165, 1.54) is 0 Å².